The number of allylic oxidation sites excluding steroid dienone is 4. The Morgan fingerprint density at radius 1 is 0.408 bits per heavy atom. The Labute approximate surface area is 285 Å². The van der Waals surface area contributed by atoms with Gasteiger partial charge in [0.25, 0.3) is 0 Å². The van der Waals surface area contributed by atoms with Gasteiger partial charge in [0, 0.05) is 22.7 Å². The van der Waals surface area contributed by atoms with Crippen LogP contribution in [-0.4, -0.2) is 4.57 Å². The van der Waals surface area contributed by atoms with E-state index in [2.05, 4.69) is 187 Å². The van der Waals surface area contributed by atoms with Gasteiger partial charge in [-0.3, -0.25) is 0 Å². The quantitative estimate of drug-likeness (QED) is 0.172. The molecule has 0 N–H and O–H groups in total. The molecule has 0 amide bonds. The molecule has 1 atom stereocenters. The van der Waals surface area contributed by atoms with Crippen LogP contribution in [-0.2, 0) is 0 Å². The molecule has 1 heteroatoms. The van der Waals surface area contributed by atoms with Crippen molar-refractivity contribution in [3.05, 3.63) is 182 Å². The molecule has 0 spiro atoms. The first kappa shape index (κ1) is 27.9. The number of fused-ring (bicyclic) bond motifs is 8. The van der Waals surface area contributed by atoms with E-state index in [9.17, 15) is 0 Å². The van der Waals surface area contributed by atoms with Gasteiger partial charge in [-0.05, 0) is 95.5 Å². The smallest absolute Gasteiger partial charge is 0.0554 e. The lowest BCUT2D eigenvalue weighted by Gasteiger charge is -2.17. The number of rotatable bonds is 4. The van der Waals surface area contributed by atoms with Crippen LogP contribution in [0.3, 0.4) is 0 Å². The van der Waals surface area contributed by atoms with E-state index >= 15 is 0 Å². The Hall–Kier alpha value is -6.18. The Kier molecular flexibility index (Phi) is 6.38. The SMILES string of the molecule is C1=CC[C@@H](n2cc(-c3cccc4ccccc34)c3cc(-c4ccc(-c5ccc6c7ccccc7c7ccccc7c6c5)cc4)ccc32)C=C1. The molecule has 9 aromatic rings. The van der Waals surface area contributed by atoms with Crippen LogP contribution >= 0.6 is 0 Å². The number of hydrogen-bond acceptors (Lipinski definition) is 0. The maximum absolute atomic E-state index is 2.46. The van der Waals surface area contributed by atoms with Crippen LogP contribution in [0.4, 0.5) is 0 Å². The van der Waals surface area contributed by atoms with Gasteiger partial charge in [0.15, 0.2) is 0 Å². The van der Waals surface area contributed by atoms with Crippen LogP contribution in [0.1, 0.15) is 12.5 Å². The summed E-state index contributed by atoms with van der Waals surface area (Å²) in [5, 5.41) is 11.7. The van der Waals surface area contributed by atoms with Crippen LogP contribution < -0.4 is 0 Å². The van der Waals surface area contributed by atoms with Crippen molar-refractivity contribution in [3.63, 3.8) is 0 Å². The average molecular weight is 624 g/mol. The highest BCUT2D eigenvalue weighted by Crippen LogP contribution is 2.41. The minimum Gasteiger partial charge on any atom is -0.340 e. The molecule has 1 aromatic heterocycles. The van der Waals surface area contributed by atoms with Crippen molar-refractivity contribution in [3.8, 4) is 33.4 Å². The highest BCUT2D eigenvalue weighted by molar-refractivity contribution is 6.25. The molecular formula is C48H33N. The molecule has 49 heavy (non-hydrogen) atoms. The van der Waals surface area contributed by atoms with Crippen molar-refractivity contribution in [2.24, 2.45) is 0 Å². The zero-order chi connectivity index (χ0) is 32.3. The second-order valence-electron chi connectivity index (χ2n) is 13.3. The van der Waals surface area contributed by atoms with Gasteiger partial charge >= 0.3 is 0 Å². The highest BCUT2D eigenvalue weighted by atomic mass is 15.0. The summed E-state index contributed by atoms with van der Waals surface area (Å²) in [5.74, 6) is 0. The Morgan fingerprint density at radius 3 is 1.63 bits per heavy atom. The Balaban J connectivity index is 1.08. The monoisotopic (exact) mass is 623 g/mol. The average Bonchev–Trinajstić information content (AvgIpc) is 3.57. The molecule has 0 aliphatic heterocycles. The third-order valence-electron chi connectivity index (χ3n) is 10.5. The van der Waals surface area contributed by atoms with Gasteiger partial charge in [-0.15, -0.1) is 0 Å². The fourth-order valence-electron chi connectivity index (χ4n) is 8.10. The van der Waals surface area contributed by atoms with Crippen LogP contribution in [0, 0.1) is 0 Å². The number of benzene rings is 8. The zero-order valence-electron chi connectivity index (χ0n) is 27.1. The lowest BCUT2D eigenvalue weighted by atomic mass is 9.91. The summed E-state index contributed by atoms with van der Waals surface area (Å²) in [6.07, 6.45) is 12.3. The van der Waals surface area contributed by atoms with Gasteiger partial charge in [-0.1, -0.05) is 158 Å². The van der Waals surface area contributed by atoms with Gasteiger partial charge in [-0.2, -0.15) is 0 Å². The third-order valence-corrected chi connectivity index (χ3v) is 10.5. The van der Waals surface area contributed by atoms with Crippen molar-refractivity contribution in [1.82, 2.24) is 4.57 Å². The zero-order valence-corrected chi connectivity index (χ0v) is 27.1. The van der Waals surface area contributed by atoms with Crippen molar-refractivity contribution in [1.29, 1.82) is 0 Å². The fraction of sp³-hybridized carbons (Fsp3) is 0.0417. The molecule has 10 rings (SSSR count). The summed E-state index contributed by atoms with van der Waals surface area (Å²) in [7, 11) is 0. The highest BCUT2D eigenvalue weighted by Gasteiger charge is 2.18. The number of nitrogens with zero attached hydrogens (tertiary/aromatic N) is 1. The van der Waals surface area contributed by atoms with Gasteiger partial charge < -0.3 is 4.57 Å². The summed E-state index contributed by atoms with van der Waals surface area (Å²) in [5.41, 5.74) is 8.74. The molecule has 1 aliphatic rings. The molecule has 1 heterocycles. The first-order valence-corrected chi connectivity index (χ1v) is 17.2. The molecule has 8 aromatic carbocycles. The van der Waals surface area contributed by atoms with Gasteiger partial charge in [0.05, 0.1) is 6.04 Å². The van der Waals surface area contributed by atoms with Crippen LogP contribution in [0.5, 0.6) is 0 Å². The minimum absolute atomic E-state index is 0.304. The van der Waals surface area contributed by atoms with Crippen LogP contribution in [0.2, 0.25) is 0 Å². The van der Waals surface area contributed by atoms with Crippen molar-refractivity contribution in [2.45, 2.75) is 12.5 Å². The van der Waals surface area contributed by atoms with Crippen LogP contribution in [0.25, 0.3) is 87.4 Å². The molecule has 230 valence electrons. The summed E-state index contributed by atoms with van der Waals surface area (Å²) < 4.78 is 2.46. The molecule has 1 aliphatic carbocycles. The molecule has 0 radical (unpaired) electrons. The van der Waals surface area contributed by atoms with Crippen molar-refractivity contribution >= 4 is 54.0 Å². The number of aromatic nitrogens is 1. The minimum atomic E-state index is 0.304. The molecule has 0 fully saturated rings. The lowest BCUT2D eigenvalue weighted by molar-refractivity contribution is 0.630. The first-order chi connectivity index (χ1) is 24.3. The third kappa shape index (κ3) is 4.54. The summed E-state index contributed by atoms with van der Waals surface area (Å²) in [6.45, 7) is 0. The van der Waals surface area contributed by atoms with Crippen molar-refractivity contribution < 1.29 is 0 Å². The normalized spacial score (nSPS) is 14.5. The van der Waals surface area contributed by atoms with Crippen molar-refractivity contribution in [2.75, 3.05) is 0 Å². The molecule has 0 saturated heterocycles. The van der Waals surface area contributed by atoms with E-state index in [1.165, 1.54) is 87.4 Å². The molecular weight excluding hydrogens is 591 g/mol. The van der Waals surface area contributed by atoms with E-state index in [1.54, 1.807) is 0 Å². The largest absolute Gasteiger partial charge is 0.340 e. The maximum Gasteiger partial charge on any atom is 0.0554 e. The first-order valence-electron chi connectivity index (χ1n) is 17.2. The maximum atomic E-state index is 2.46. The van der Waals surface area contributed by atoms with E-state index in [0.717, 1.165) is 6.42 Å². The lowest BCUT2D eigenvalue weighted by Crippen LogP contribution is -2.05. The number of hydrogen-bond donors (Lipinski definition) is 0. The Morgan fingerprint density at radius 2 is 0.959 bits per heavy atom. The van der Waals surface area contributed by atoms with Gasteiger partial charge in [-0.25, -0.2) is 0 Å². The van der Waals surface area contributed by atoms with Gasteiger partial charge in [0.1, 0.15) is 0 Å². The summed E-state index contributed by atoms with van der Waals surface area (Å²) in [6, 6.07) is 56.3. The van der Waals surface area contributed by atoms with E-state index < -0.39 is 0 Å². The topological polar surface area (TPSA) is 4.93 Å². The predicted molar refractivity (Wildman–Crippen MR) is 210 cm³/mol. The van der Waals surface area contributed by atoms with Crippen LogP contribution in [0.15, 0.2) is 182 Å². The summed E-state index contributed by atoms with van der Waals surface area (Å²) >= 11 is 0. The van der Waals surface area contributed by atoms with Gasteiger partial charge in [0.2, 0.25) is 0 Å². The van der Waals surface area contributed by atoms with E-state index in [4.69, 9.17) is 0 Å². The molecule has 1 nitrogen and oxygen atoms in total. The van der Waals surface area contributed by atoms with E-state index in [-0.39, 0.29) is 0 Å². The molecule has 0 bridgehead atoms. The standard InChI is InChI=1S/C48H33N/c1-2-13-37(14-3-1)49-31-47(39-20-10-12-34-11-4-5-15-38(34)39)46-30-36(26-28-48(46)49)33-23-21-32(22-24-33)35-25-27-44-42-18-7-6-16-40(42)41-17-8-9-19-43(41)45(44)29-35/h1-13,15-31,37H,14H2/t37-/m0/s1. The second kappa shape index (κ2) is 11.2. The second-order valence-corrected chi connectivity index (χ2v) is 13.3. The molecule has 0 unspecified atom stereocenters. The van der Waals surface area contributed by atoms with E-state index in [1.807, 2.05) is 0 Å². The predicted octanol–water partition coefficient (Wildman–Crippen LogP) is 13.3. The fourth-order valence-corrected chi connectivity index (χ4v) is 8.10. The molecule has 0 saturated carbocycles. The Bertz CT molecular complexity index is 2750. The summed E-state index contributed by atoms with van der Waals surface area (Å²) in [4.78, 5) is 0. The van der Waals surface area contributed by atoms with E-state index in [0.29, 0.717) is 6.04 Å².